The number of aryl methyl sites for hydroxylation is 1. The van der Waals surface area contributed by atoms with Crippen molar-refractivity contribution < 1.29 is 9.26 Å². The summed E-state index contributed by atoms with van der Waals surface area (Å²) in [7, 11) is 1.93. The fourth-order valence-corrected chi connectivity index (χ4v) is 2.09. The minimum Gasteiger partial charge on any atom is -0.379 e. The Morgan fingerprint density at radius 3 is 2.78 bits per heavy atom. The standard InChI is InChI=1S/C13H23N3O2/c1-13(2,3)6-5-11-15-12(18-16-11)9-7-17-8-10(9)14-4/h9-10,14H,5-8H2,1-4H3. The minimum atomic E-state index is 0.186. The van der Waals surface area contributed by atoms with Crippen LogP contribution in [0.1, 0.15) is 44.8 Å². The largest absolute Gasteiger partial charge is 0.379 e. The second kappa shape index (κ2) is 5.36. The van der Waals surface area contributed by atoms with Crippen molar-refractivity contribution in [3.05, 3.63) is 11.7 Å². The zero-order valence-electron chi connectivity index (χ0n) is 11.7. The van der Waals surface area contributed by atoms with Gasteiger partial charge in [0.05, 0.1) is 19.1 Å². The summed E-state index contributed by atoms with van der Waals surface area (Å²) < 4.78 is 10.8. The molecule has 0 amide bonds. The molecule has 5 nitrogen and oxygen atoms in total. The van der Waals surface area contributed by atoms with Gasteiger partial charge in [-0.05, 0) is 18.9 Å². The highest BCUT2D eigenvalue weighted by Crippen LogP contribution is 2.25. The van der Waals surface area contributed by atoms with Gasteiger partial charge in [-0.1, -0.05) is 25.9 Å². The lowest BCUT2D eigenvalue weighted by Gasteiger charge is -2.16. The molecule has 0 aromatic carbocycles. The van der Waals surface area contributed by atoms with Gasteiger partial charge in [-0.25, -0.2) is 0 Å². The Labute approximate surface area is 108 Å². The molecule has 1 saturated heterocycles. The Morgan fingerprint density at radius 2 is 2.11 bits per heavy atom. The van der Waals surface area contributed by atoms with Crippen LogP contribution in [-0.2, 0) is 11.2 Å². The van der Waals surface area contributed by atoms with Gasteiger partial charge >= 0.3 is 0 Å². The number of hydrogen-bond donors (Lipinski definition) is 1. The maximum absolute atomic E-state index is 5.45. The summed E-state index contributed by atoms with van der Waals surface area (Å²) in [6.45, 7) is 8.02. The Morgan fingerprint density at radius 1 is 1.33 bits per heavy atom. The lowest BCUT2D eigenvalue weighted by atomic mass is 9.90. The Balaban J connectivity index is 1.97. The van der Waals surface area contributed by atoms with Gasteiger partial charge in [0.25, 0.3) is 0 Å². The molecule has 18 heavy (non-hydrogen) atoms. The normalized spacial score (nSPS) is 24.7. The molecule has 0 bridgehead atoms. The van der Waals surface area contributed by atoms with Crippen LogP contribution in [0.3, 0.4) is 0 Å². The SMILES string of the molecule is CNC1COCC1c1nc(CCC(C)(C)C)no1. The van der Waals surface area contributed by atoms with E-state index in [0.717, 1.165) is 18.7 Å². The maximum atomic E-state index is 5.45. The molecule has 1 aliphatic rings. The van der Waals surface area contributed by atoms with E-state index in [4.69, 9.17) is 9.26 Å². The maximum Gasteiger partial charge on any atom is 0.233 e. The predicted molar refractivity (Wildman–Crippen MR) is 68.5 cm³/mol. The molecule has 2 atom stereocenters. The van der Waals surface area contributed by atoms with E-state index >= 15 is 0 Å². The predicted octanol–water partition coefficient (Wildman–Crippen LogP) is 1.75. The van der Waals surface area contributed by atoms with Gasteiger partial charge < -0.3 is 14.6 Å². The number of likely N-dealkylation sites (N-methyl/N-ethyl adjacent to an activating group) is 1. The molecular formula is C13H23N3O2. The fourth-order valence-electron chi connectivity index (χ4n) is 2.09. The van der Waals surface area contributed by atoms with Crippen molar-refractivity contribution in [1.29, 1.82) is 0 Å². The van der Waals surface area contributed by atoms with Crippen molar-refractivity contribution in [1.82, 2.24) is 15.5 Å². The number of nitrogens with zero attached hydrogens (tertiary/aromatic N) is 2. The van der Waals surface area contributed by atoms with Crippen molar-refractivity contribution in [2.75, 3.05) is 20.3 Å². The molecule has 0 aliphatic carbocycles. The van der Waals surface area contributed by atoms with Crippen LogP contribution in [0.4, 0.5) is 0 Å². The van der Waals surface area contributed by atoms with Crippen LogP contribution in [0.15, 0.2) is 4.52 Å². The third-order valence-corrected chi connectivity index (χ3v) is 3.35. The average molecular weight is 253 g/mol. The van der Waals surface area contributed by atoms with E-state index in [1.165, 1.54) is 0 Å². The van der Waals surface area contributed by atoms with Crippen molar-refractivity contribution in [3.8, 4) is 0 Å². The van der Waals surface area contributed by atoms with Gasteiger partial charge in [-0.15, -0.1) is 0 Å². The van der Waals surface area contributed by atoms with Crippen LogP contribution in [0.2, 0.25) is 0 Å². The second-order valence-electron chi connectivity index (χ2n) is 6.15. The van der Waals surface area contributed by atoms with Crippen LogP contribution >= 0.6 is 0 Å². The van der Waals surface area contributed by atoms with E-state index in [9.17, 15) is 0 Å². The van der Waals surface area contributed by atoms with Gasteiger partial charge in [0.15, 0.2) is 5.82 Å². The summed E-state index contributed by atoms with van der Waals surface area (Å²) in [5.74, 6) is 1.70. The lowest BCUT2D eigenvalue weighted by molar-refractivity contribution is 0.185. The average Bonchev–Trinajstić information content (AvgIpc) is 2.93. The monoisotopic (exact) mass is 253 g/mol. The molecule has 2 unspecified atom stereocenters. The van der Waals surface area contributed by atoms with Gasteiger partial charge in [0, 0.05) is 12.5 Å². The zero-order valence-corrected chi connectivity index (χ0v) is 11.7. The molecule has 1 fully saturated rings. The van der Waals surface area contributed by atoms with Crippen LogP contribution in [0.25, 0.3) is 0 Å². The molecule has 102 valence electrons. The molecule has 2 rings (SSSR count). The molecule has 0 saturated carbocycles. The van der Waals surface area contributed by atoms with Crippen LogP contribution in [0.5, 0.6) is 0 Å². The second-order valence-corrected chi connectivity index (χ2v) is 6.15. The third kappa shape index (κ3) is 3.29. The number of ether oxygens (including phenoxy) is 1. The number of aromatic nitrogens is 2. The Bertz CT molecular complexity index is 384. The van der Waals surface area contributed by atoms with Crippen molar-refractivity contribution >= 4 is 0 Å². The molecule has 5 heteroatoms. The summed E-state index contributed by atoms with van der Waals surface area (Å²) in [5.41, 5.74) is 0.296. The topological polar surface area (TPSA) is 60.2 Å². The molecule has 1 aromatic rings. The lowest BCUT2D eigenvalue weighted by Crippen LogP contribution is -2.31. The number of nitrogens with one attached hydrogen (secondary N) is 1. The smallest absolute Gasteiger partial charge is 0.233 e. The summed E-state index contributed by atoms with van der Waals surface area (Å²) in [4.78, 5) is 4.50. The first-order chi connectivity index (χ1) is 8.49. The molecule has 1 aliphatic heterocycles. The zero-order chi connectivity index (χ0) is 13.2. The van der Waals surface area contributed by atoms with Gasteiger partial charge in [0.2, 0.25) is 5.89 Å². The highest BCUT2D eigenvalue weighted by Gasteiger charge is 2.32. The Hall–Kier alpha value is -0.940. The first-order valence-electron chi connectivity index (χ1n) is 6.57. The molecule has 2 heterocycles. The Kier molecular flexibility index (Phi) is 4.02. The summed E-state index contributed by atoms with van der Waals surface area (Å²) in [5, 5.41) is 7.29. The molecule has 0 spiro atoms. The van der Waals surface area contributed by atoms with Crippen molar-refractivity contribution in [3.63, 3.8) is 0 Å². The van der Waals surface area contributed by atoms with E-state index in [0.29, 0.717) is 24.5 Å². The van der Waals surface area contributed by atoms with Gasteiger partial charge in [0.1, 0.15) is 0 Å². The number of rotatable bonds is 4. The van der Waals surface area contributed by atoms with Crippen LogP contribution in [-0.4, -0.2) is 36.4 Å². The summed E-state index contributed by atoms with van der Waals surface area (Å²) in [6, 6.07) is 0.279. The van der Waals surface area contributed by atoms with Crippen LogP contribution in [0, 0.1) is 5.41 Å². The molecular weight excluding hydrogens is 230 g/mol. The van der Waals surface area contributed by atoms with Crippen molar-refractivity contribution in [2.45, 2.75) is 45.6 Å². The molecule has 0 radical (unpaired) electrons. The van der Waals surface area contributed by atoms with Gasteiger partial charge in [-0.3, -0.25) is 0 Å². The number of hydrogen-bond acceptors (Lipinski definition) is 5. The highest BCUT2D eigenvalue weighted by atomic mass is 16.5. The van der Waals surface area contributed by atoms with Crippen LogP contribution < -0.4 is 5.32 Å². The molecule has 1 N–H and O–H groups in total. The van der Waals surface area contributed by atoms with E-state index in [1.807, 2.05) is 7.05 Å². The van der Waals surface area contributed by atoms with E-state index in [-0.39, 0.29) is 12.0 Å². The fraction of sp³-hybridized carbons (Fsp3) is 0.846. The quantitative estimate of drug-likeness (QED) is 0.886. The third-order valence-electron chi connectivity index (χ3n) is 3.35. The van der Waals surface area contributed by atoms with Crippen molar-refractivity contribution in [2.24, 2.45) is 5.41 Å². The van der Waals surface area contributed by atoms with Gasteiger partial charge in [-0.2, -0.15) is 4.98 Å². The summed E-state index contributed by atoms with van der Waals surface area (Å²) >= 11 is 0. The van der Waals surface area contributed by atoms with E-state index in [1.54, 1.807) is 0 Å². The summed E-state index contributed by atoms with van der Waals surface area (Å²) in [6.07, 6.45) is 1.92. The first kappa shape index (κ1) is 13.5. The molecule has 1 aromatic heterocycles. The first-order valence-corrected chi connectivity index (χ1v) is 6.57. The highest BCUT2D eigenvalue weighted by molar-refractivity contribution is 5.02. The van der Waals surface area contributed by atoms with E-state index < -0.39 is 0 Å². The minimum absolute atomic E-state index is 0.186. The van der Waals surface area contributed by atoms with E-state index in [2.05, 4.69) is 36.2 Å².